The first-order valence-electron chi connectivity index (χ1n) is 11.3. The van der Waals surface area contributed by atoms with Gasteiger partial charge < -0.3 is 24.5 Å². The number of aromatic nitrogens is 1. The second kappa shape index (κ2) is 10.8. The normalized spacial score (nSPS) is 11.7. The molecular weight excluding hydrogens is 428 g/mol. The van der Waals surface area contributed by atoms with Crippen molar-refractivity contribution in [1.82, 2.24) is 10.3 Å². The third kappa shape index (κ3) is 5.01. The van der Waals surface area contributed by atoms with Gasteiger partial charge in [-0.1, -0.05) is 48.5 Å². The summed E-state index contributed by atoms with van der Waals surface area (Å²) < 4.78 is 16.2. The SMILES string of the molecule is COc1cc(CCC(=O)NCC(c2ccccc2)c2c[nH]c3ccccc23)cc(OC)c1OC. The van der Waals surface area contributed by atoms with Gasteiger partial charge in [-0.25, -0.2) is 0 Å². The fraction of sp³-hybridized carbons (Fsp3) is 0.250. The number of para-hydroxylation sites is 1. The number of ether oxygens (including phenoxy) is 3. The van der Waals surface area contributed by atoms with Crippen LogP contribution in [0.2, 0.25) is 0 Å². The van der Waals surface area contributed by atoms with Crippen molar-refractivity contribution in [2.24, 2.45) is 0 Å². The number of aryl methyl sites for hydroxylation is 1. The van der Waals surface area contributed by atoms with Crippen molar-refractivity contribution >= 4 is 16.8 Å². The Morgan fingerprint density at radius 1 is 0.912 bits per heavy atom. The third-order valence-corrected chi connectivity index (χ3v) is 6.07. The molecule has 6 nitrogen and oxygen atoms in total. The molecule has 4 rings (SSSR count). The molecule has 1 aromatic heterocycles. The van der Waals surface area contributed by atoms with Gasteiger partial charge in [0.15, 0.2) is 11.5 Å². The van der Waals surface area contributed by atoms with Crippen LogP contribution in [0.1, 0.15) is 29.0 Å². The van der Waals surface area contributed by atoms with Gasteiger partial charge in [0.2, 0.25) is 11.7 Å². The molecule has 0 aliphatic rings. The second-order valence-electron chi connectivity index (χ2n) is 8.09. The Balaban J connectivity index is 1.47. The Morgan fingerprint density at radius 3 is 2.26 bits per heavy atom. The van der Waals surface area contributed by atoms with Gasteiger partial charge in [-0.05, 0) is 41.3 Å². The lowest BCUT2D eigenvalue weighted by atomic mass is 9.91. The minimum Gasteiger partial charge on any atom is -0.493 e. The van der Waals surface area contributed by atoms with Crippen LogP contribution in [0.15, 0.2) is 72.9 Å². The Morgan fingerprint density at radius 2 is 1.59 bits per heavy atom. The van der Waals surface area contributed by atoms with E-state index in [4.69, 9.17) is 14.2 Å². The Bertz CT molecular complexity index is 1220. The van der Waals surface area contributed by atoms with Crippen molar-refractivity contribution in [3.8, 4) is 17.2 Å². The van der Waals surface area contributed by atoms with Crippen molar-refractivity contribution in [2.75, 3.05) is 27.9 Å². The molecule has 2 N–H and O–H groups in total. The summed E-state index contributed by atoms with van der Waals surface area (Å²) in [5.74, 6) is 1.75. The molecule has 0 aliphatic heterocycles. The molecule has 0 saturated carbocycles. The van der Waals surface area contributed by atoms with Gasteiger partial charge in [0.05, 0.1) is 21.3 Å². The summed E-state index contributed by atoms with van der Waals surface area (Å²) in [6.45, 7) is 0.514. The third-order valence-electron chi connectivity index (χ3n) is 6.07. The topological polar surface area (TPSA) is 72.6 Å². The van der Waals surface area contributed by atoms with Crippen LogP contribution in [0, 0.1) is 0 Å². The van der Waals surface area contributed by atoms with E-state index in [1.807, 2.05) is 48.7 Å². The number of rotatable bonds is 10. The van der Waals surface area contributed by atoms with E-state index < -0.39 is 0 Å². The monoisotopic (exact) mass is 458 g/mol. The molecule has 0 radical (unpaired) electrons. The van der Waals surface area contributed by atoms with Crippen LogP contribution in [-0.4, -0.2) is 38.8 Å². The largest absolute Gasteiger partial charge is 0.493 e. The summed E-state index contributed by atoms with van der Waals surface area (Å²) in [5.41, 5.74) is 4.37. The van der Waals surface area contributed by atoms with E-state index in [2.05, 4.69) is 34.6 Å². The van der Waals surface area contributed by atoms with Gasteiger partial charge in [0.1, 0.15) is 0 Å². The molecule has 3 aromatic carbocycles. The quantitative estimate of drug-likeness (QED) is 0.348. The van der Waals surface area contributed by atoms with E-state index in [1.54, 1.807) is 21.3 Å². The van der Waals surface area contributed by atoms with E-state index in [1.165, 1.54) is 10.9 Å². The Labute approximate surface area is 199 Å². The highest BCUT2D eigenvalue weighted by molar-refractivity contribution is 5.84. The summed E-state index contributed by atoms with van der Waals surface area (Å²) >= 11 is 0. The average molecular weight is 459 g/mol. The number of fused-ring (bicyclic) bond motifs is 1. The zero-order valence-corrected chi connectivity index (χ0v) is 19.8. The summed E-state index contributed by atoms with van der Waals surface area (Å²) in [4.78, 5) is 16.2. The van der Waals surface area contributed by atoms with E-state index in [-0.39, 0.29) is 11.8 Å². The number of nitrogens with one attached hydrogen (secondary N) is 2. The smallest absolute Gasteiger partial charge is 0.220 e. The molecule has 0 aliphatic carbocycles. The molecule has 4 aromatic rings. The number of carbonyl (C=O) groups excluding carboxylic acids is 1. The minimum absolute atomic E-state index is 0.00507. The number of hydrogen-bond donors (Lipinski definition) is 2. The van der Waals surface area contributed by atoms with Gasteiger partial charge in [-0.2, -0.15) is 0 Å². The fourth-order valence-electron chi connectivity index (χ4n) is 4.32. The molecule has 0 bridgehead atoms. The minimum atomic E-state index is -0.00507. The van der Waals surface area contributed by atoms with Crippen molar-refractivity contribution < 1.29 is 19.0 Å². The standard InChI is InChI=1S/C28H30N2O4/c1-32-25-15-19(16-26(33-2)28(25)34-3)13-14-27(31)30-17-22(20-9-5-4-6-10-20)23-18-29-24-12-8-7-11-21(23)24/h4-12,15-16,18,22,29H,13-14,17H2,1-3H3,(H,30,31). The molecule has 176 valence electrons. The fourth-order valence-corrected chi connectivity index (χ4v) is 4.32. The predicted octanol–water partition coefficient (Wildman–Crippen LogP) is 5.07. The Kier molecular flexibility index (Phi) is 7.38. The number of aromatic amines is 1. The number of carbonyl (C=O) groups is 1. The van der Waals surface area contributed by atoms with Crippen LogP contribution >= 0.6 is 0 Å². The lowest BCUT2D eigenvalue weighted by Gasteiger charge is -2.18. The highest BCUT2D eigenvalue weighted by Crippen LogP contribution is 2.38. The molecule has 1 unspecified atom stereocenters. The molecule has 0 fully saturated rings. The molecule has 1 atom stereocenters. The van der Waals surface area contributed by atoms with Gasteiger partial charge >= 0.3 is 0 Å². The summed E-state index contributed by atoms with van der Waals surface area (Å²) in [6.07, 6.45) is 2.96. The highest BCUT2D eigenvalue weighted by atomic mass is 16.5. The maximum Gasteiger partial charge on any atom is 0.220 e. The van der Waals surface area contributed by atoms with Crippen LogP contribution in [0.25, 0.3) is 10.9 Å². The van der Waals surface area contributed by atoms with Crippen molar-refractivity contribution in [1.29, 1.82) is 0 Å². The lowest BCUT2D eigenvalue weighted by Crippen LogP contribution is -2.29. The Hall–Kier alpha value is -3.93. The second-order valence-corrected chi connectivity index (χ2v) is 8.09. The predicted molar refractivity (Wildman–Crippen MR) is 134 cm³/mol. The van der Waals surface area contributed by atoms with Crippen molar-refractivity contribution in [2.45, 2.75) is 18.8 Å². The molecule has 1 heterocycles. The van der Waals surface area contributed by atoms with Gasteiger partial charge in [0.25, 0.3) is 0 Å². The average Bonchev–Trinajstić information content (AvgIpc) is 3.31. The molecule has 34 heavy (non-hydrogen) atoms. The first kappa shape index (κ1) is 23.2. The van der Waals surface area contributed by atoms with E-state index in [9.17, 15) is 4.79 Å². The van der Waals surface area contributed by atoms with E-state index in [0.29, 0.717) is 36.6 Å². The molecule has 0 saturated heterocycles. The van der Waals surface area contributed by atoms with Crippen LogP contribution in [0.3, 0.4) is 0 Å². The number of hydrogen-bond acceptors (Lipinski definition) is 4. The van der Waals surface area contributed by atoms with Gasteiger partial charge in [-0.15, -0.1) is 0 Å². The van der Waals surface area contributed by atoms with Crippen LogP contribution in [-0.2, 0) is 11.2 Å². The van der Waals surface area contributed by atoms with Gasteiger partial charge in [-0.3, -0.25) is 4.79 Å². The lowest BCUT2D eigenvalue weighted by molar-refractivity contribution is -0.121. The number of methoxy groups -OCH3 is 3. The highest BCUT2D eigenvalue weighted by Gasteiger charge is 2.19. The number of benzene rings is 3. The first-order chi connectivity index (χ1) is 16.6. The first-order valence-corrected chi connectivity index (χ1v) is 11.3. The van der Waals surface area contributed by atoms with Crippen LogP contribution in [0.5, 0.6) is 17.2 Å². The zero-order valence-electron chi connectivity index (χ0n) is 19.8. The molecule has 1 amide bonds. The molecule has 6 heteroatoms. The summed E-state index contributed by atoms with van der Waals surface area (Å²) in [5, 5.41) is 4.31. The van der Waals surface area contributed by atoms with E-state index >= 15 is 0 Å². The van der Waals surface area contributed by atoms with Crippen molar-refractivity contribution in [3.05, 3.63) is 89.6 Å². The van der Waals surface area contributed by atoms with Crippen LogP contribution < -0.4 is 19.5 Å². The van der Waals surface area contributed by atoms with Crippen molar-refractivity contribution in [3.63, 3.8) is 0 Å². The summed E-state index contributed by atoms with van der Waals surface area (Å²) in [6, 6.07) is 22.3. The molecule has 0 spiro atoms. The number of H-pyrrole nitrogens is 1. The van der Waals surface area contributed by atoms with E-state index in [0.717, 1.165) is 16.6 Å². The number of amides is 1. The van der Waals surface area contributed by atoms with Crippen LogP contribution in [0.4, 0.5) is 0 Å². The van der Waals surface area contributed by atoms with Gasteiger partial charge in [0, 0.05) is 36.0 Å². The maximum absolute atomic E-state index is 12.8. The maximum atomic E-state index is 12.8. The zero-order chi connectivity index (χ0) is 23.9. The molecular formula is C28H30N2O4. The summed E-state index contributed by atoms with van der Waals surface area (Å²) in [7, 11) is 4.74.